The molecule has 8 heteroatoms. The minimum absolute atomic E-state index is 0. The molecule has 0 unspecified atom stereocenters. The maximum Gasteiger partial charge on any atom is 0.0757 e. The van der Waals surface area contributed by atoms with E-state index >= 15 is 0 Å². The molecule has 32 heavy (non-hydrogen) atoms. The Morgan fingerprint density at radius 2 is 0.812 bits per heavy atom. The van der Waals surface area contributed by atoms with Gasteiger partial charge in [0.15, 0.2) is 0 Å². The van der Waals surface area contributed by atoms with E-state index < -0.39 is 8.88 Å². The first-order valence-corrected chi connectivity index (χ1v) is 19.3. The van der Waals surface area contributed by atoms with E-state index in [0.717, 1.165) is 0 Å². The molecule has 5 rings (SSSR count). The van der Waals surface area contributed by atoms with Gasteiger partial charge >= 0.3 is 0 Å². The summed E-state index contributed by atoms with van der Waals surface area (Å²) in [6, 6.07) is 0. The molecule has 0 amide bonds. The quantitative estimate of drug-likeness (QED) is 0.226. The summed E-state index contributed by atoms with van der Waals surface area (Å²) in [7, 11) is 0. The maximum absolute atomic E-state index is 5.87. The zero-order valence-electron chi connectivity index (χ0n) is 18.3. The van der Waals surface area contributed by atoms with Crippen LogP contribution in [0, 0.1) is 125 Å². The van der Waals surface area contributed by atoms with E-state index in [4.69, 9.17) is 23.6 Å². The Hall–Kier alpha value is 3.04. The van der Waals surface area contributed by atoms with Crippen LogP contribution < -0.4 is 0 Å². The SMILES string of the molecule is C[C]1[CH][CH][CH][CH]1.C[C]1[CH][CH][CH][CH]1.C[C]1[CH][CH][C](P2(=S)SP(=S)([C]3[CH][CH][C](C)[CH]3)S2)[CH]1.[Fe].[Fe]. The van der Waals surface area contributed by atoms with Crippen molar-refractivity contribution >= 4 is 54.5 Å². The third-order valence-electron chi connectivity index (χ3n) is 4.51. The van der Waals surface area contributed by atoms with Gasteiger partial charge in [-0.05, 0) is 114 Å². The fourth-order valence-electron chi connectivity index (χ4n) is 2.85. The van der Waals surface area contributed by atoms with Crippen LogP contribution in [0.5, 0.6) is 0 Å². The number of rotatable bonds is 2. The van der Waals surface area contributed by atoms with E-state index in [1.807, 2.05) is 47.7 Å². The largest absolute Gasteiger partial charge is 0.0757 e. The molecule has 0 N–H and O–H groups in total. The molecule has 4 aliphatic carbocycles. The second kappa shape index (κ2) is 15.5. The smallest absolute Gasteiger partial charge is 0.0730 e. The van der Waals surface area contributed by atoms with Crippen LogP contribution in [0.1, 0.15) is 27.7 Å². The van der Waals surface area contributed by atoms with Crippen molar-refractivity contribution in [1.29, 1.82) is 0 Å². The van der Waals surface area contributed by atoms with E-state index in [0.29, 0.717) is 0 Å². The van der Waals surface area contributed by atoms with E-state index in [-0.39, 0.29) is 34.1 Å². The van der Waals surface area contributed by atoms with Crippen LogP contribution >= 0.6 is 30.9 Å². The number of hydrogen-bond donors (Lipinski definition) is 0. The minimum Gasteiger partial charge on any atom is -0.0730 e. The van der Waals surface area contributed by atoms with Crippen molar-refractivity contribution in [1.82, 2.24) is 0 Å². The molecule has 0 bridgehead atoms. The summed E-state index contributed by atoms with van der Waals surface area (Å²) in [4.78, 5) is 0. The average molecular weight is 616 g/mol. The van der Waals surface area contributed by atoms with Crippen LogP contribution in [-0.4, -0.2) is 0 Å². The van der Waals surface area contributed by atoms with Gasteiger partial charge in [0.25, 0.3) is 0 Å². The second-order valence-electron chi connectivity index (χ2n) is 7.38. The van der Waals surface area contributed by atoms with Gasteiger partial charge in [-0.15, -0.1) is 0 Å². The molecule has 0 atom stereocenters. The summed E-state index contributed by atoms with van der Waals surface area (Å²) in [5.74, 6) is 5.30. The molecule has 5 aliphatic rings. The fourth-order valence-corrected chi connectivity index (χ4v) is 45.2. The number of hydrogen-bond acceptors (Lipinski definition) is 4. The van der Waals surface area contributed by atoms with E-state index in [9.17, 15) is 0 Å². The molecule has 4 saturated carbocycles. The topological polar surface area (TPSA) is 0 Å². The summed E-state index contributed by atoms with van der Waals surface area (Å²) >= 11 is 15.6. The predicted octanol–water partition coefficient (Wildman–Crippen LogP) is 8.41. The van der Waals surface area contributed by atoms with Gasteiger partial charge in [0.05, 0.1) is 8.88 Å². The van der Waals surface area contributed by atoms with Crippen molar-refractivity contribution in [3.05, 3.63) is 125 Å². The molecule has 5 fully saturated rings. The van der Waals surface area contributed by atoms with Crippen molar-refractivity contribution in [2.45, 2.75) is 27.7 Å². The molecule has 0 aromatic carbocycles. The van der Waals surface area contributed by atoms with E-state index in [2.05, 4.69) is 91.9 Å². The Balaban J connectivity index is 0.000000302. The molecule has 0 spiro atoms. The first kappa shape index (κ1) is 33.1. The van der Waals surface area contributed by atoms with Crippen molar-refractivity contribution in [3.63, 3.8) is 0 Å². The molecule has 0 aromatic rings. The Labute approximate surface area is 239 Å². The second-order valence-corrected chi connectivity index (χ2v) is 28.7. The zero-order valence-corrected chi connectivity index (χ0v) is 25.6. The fraction of sp³-hybridized carbons (Fsp3) is 0.167. The molecule has 0 aromatic heterocycles. The average Bonchev–Trinajstić information content (AvgIpc) is 3.45. The molecule has 1 saturated heterocycles. The summed E-state index contributed by atoms with van der Waals surface area (Å²) in [6.07, 6.45) is 29.6. The van der Waals surface area contributed by atoms with Crippen molar-refractivity contribution in [2.75, 3.05) is 0 Å². The van der Waals surface area contributed by atoms with Gasteiger partial charge in [0.1, 0.15) is 0 Å². The van der Waals surface area contributed by atoms with Crippen molar-refractivity contribution in [2.24, 2.45) is 0 Å². The van der Waals surface area contributed by atoms with Gasteiger partial charge in [0.2, 0.25) is 0 Å². The molecule has 0 nitrogen and oxygen atoms in total. The molecule has 20 radical (unpaired) electrons. The molecule has 172 valence electrons. The zero-order chi connectivity index (χ0) is 21.8. The Morgan fingerprint density at radius 1 is 0.500 bits per heavy atom. The van der Waals surface area contributed by atoms with Gasteiger partial charge in [-0.25, -0.2) is 0 Å². The van der Waals surface area contributed by atoms with Gasteiger partial charge in [-0.1, -0.05) is 73.3 Å². The Bertz CT molecular complexity index is 569. The van der Waals surface area contributed by atoms with Crippen LogP contribution in [-0.2, 0) is 57.8 Å². The molecular formula is C24H26Fe2P2S4. The molecular weight excluding hydrogens is 590 g/mol. The monoisotopic (exact) mass is 616 g/mol. The first-order chi connectivity index (χ1) is 14.2. The van der Waals surface area contributed by atoms with Crippen LogP contribution in [0.25, 0.3) is 0 Å². The van der Waals surface area contributed by atoms with Crippen molar-refractivity contribution in [3.8, 4) is 0 Å². The van der Waals surface area contributed by atoms with Gasteiger partial charge in [0, 0.05) is 45.5 Å². The summed E-state index contributed by atoms with van der Waals surface area (Å²) in [5.41, 5.74) is 2.68. The van der Waals surface area contributed by atoms with Gasteiger partial charge in [-0.2, -0.15) is 0 Å². The summed E-state index contributed by atoms with van der Waals surface area (Å²) in [5, 5.41) is 0. The van der Waals surface area contributed by atoms with E-state index in [1.165, 1.54) is 35.0 Å². The normalized spacial score (nSPS) is 34.6. The molecule has 1 aliphatic heterocycles. The van der Waals surface area contributed by atoms with Crippen LogP contribution in [0.15, 0.2) is 0 Å². The third kappa shape index (κ3) is 9.73. The van der Waals surface area contributed by atoms with Gasteiger partial charge < -0.3 is 0 Å². The Kier molecular flexibility index (Phi) is 16.0. The maximum atomic E-state index is 5.87. The predicted molar refractivity (Wildman–Crippen MR) is 146 cm³/mol. The Morgan fingerprint density at radius 3 is 1.00 bits per heavy atom. The van der Waals surface area contributed by atoms with Crippen LogP contribution in [0.3, 0.4) is 0 Å². The van der Waals surface area contributed by atoms with Crippen LogP contribution in [0.2, 0.25) is 0 Å². The summed E-state index contributed by atoms with van der Waals surface area (Å²) in [6.45, 7) is 8.41. The minimum atomic E-state index is -1.49. The standard InChI is InChI=1S/C12H12P2S4.2C6H7.2Fe/c1-9-3-5-11(7-9)13(15)17-14(16,18-13)12-6-4-10(2)8-12;2*1-6-4-2-3-5-6;;/h3-8H,1-2H3;2*2-5H,1H3;;. The third-order valence-corrected chi connectivity index (χ3v) is 35.7. The summed E-state index contributed by atoms with van der Waals surface area (Å²) < 4.78 is -2.98. The molecule has 1 heterocycles. The first-order valence-electron chi connectivity index (χ1n) is 9.67. The van der Waals surface area contributed by atoms with E-state index in [1.54, 1.807) is 0 Å². The van der Waals surface area contributed by atoms with Gasteiger partial charge in [-0.3, -0.25) is 0 Å². The van der Waals surface area contributed by atoms with Crippen LogP contribution in [0.4, 0.5) is 0 Å². The van der Waals surface area contributed by atoms with Crippen molar-refractivity contribution < 1.29 is 34.1 Å².